The van der Waals surface area contributed by atoms with Crippen molar-refractivity contribution in [3.8, 4) is 11.5 Å². The lowest BCUT2D eigenvalue weighted by Crippen LogP contribution is -2.27. The van der Waals surface area contributed by atoms with Gasteiger partial charge in [-0.2, -0.15) is 0 Å². The quantitative estimate of drug-likeness (QED) is 0.623. The molecule has 1 saturated heterocycles. The SMILES string of the molecule is O=C(O)c1ccccc1C=C1SC(=S)N(Cc2ccc3c(c2)OCO3)C1=O. The number of carboxylic acid groups (broad SMARTS) is 1. The van der Waals surface area contributed by atoms with Crippen molar-refractivity contribution >= 4 is 46.3 Å². The van der Waals surface area contributed by atoms with Gasteiger partial charge in [0.2, 0.25) is 6.79 Å². The molecule has 136 valence electrons. The third kappa shape index (κ3) is 3.41. The first-order valence-electron chi connectivity index (χ1n) is 7.99. The molecule has 1 fully saturated rings. The maximum Gasteiger partial charge on any atom is 0.336 e. The number of thiocarbonyl (C=S) groups is 1. The lowest BCUT2D eigenvalue weighted by Gasteiger charge is -2.14. The van der Waals surface area contributed by atoms with E-state index in [2.05, 4.69) is 0 Å². The average Bonchev–Trinajstić information content (AvgIpc) is 3.22. The monoisotopic (exact) mass is 399 g/mol. The summed E-state index contributed by atoms with van der Waals surface area (Å²) in [4.78, 5) is 26.0. The van der Waals surface area contributed by atoms with E-state index in [0.29, 0.717) is 32.8 Å². The van der Waals surface area contributed by atoms with Crippen LogP contribution in [0.15, 0.2) is 47.4 Å². The Labute approximate surface area is 164 Å². The van der Waals surface area contributed by atoms with Gasteiger partial charge in [-0.1, -0.05) is 48.2 Å². The van der Waals surface area contributed by atoms with E-state index in [0.717, 1.165) is 17.3 Å². The Hall–Kier alpha value is -2.84. The van der Waals surface area contributed by atoms with E-state index in [9.17, 15) is 14.7 Å². The first kappa shape index (κ1) is 17.6. The number of carbonyl (C=O) groups is 2. The number of benzene rings is 2. The summed E-state index contributed by atoms with van der Waals surface area (Å²) in [6.45, 7) is 0.491. The summed E-state index contributed by atoms with van der Waals surface area (Å²) in [5.74, 6) is 0.0266. The summed E-state index contributed by atoms with van der Waals surface area (Å²) in [5.41, 5.74) is 1.47. The van der Waals surface area contributed by atoms with Crippen molar-refractivity contribution in [3.05, 3.63) is 64.1 Å². The zero-order valence-corrected chi connectivity index (χ0v) is 15.5. The topological polar surface area (TPSA) is 76.1 Å². The van der Waals surface area contributed by atoms with Crippen LogP contribution in [0.4, 0.5) is 0 Å². The number of aromatic carboxylic acids is 1. The second-order valence-electron chi connectivity index (χ2n) is 5.85. The van der Waals surface area contributed by atoms with Crippen LogP contribution in [-0.2, 0) is 11.3 Å². The molecule has 4 rings (SSSR count). The molecule has 2 aliphatic rings. The van der Waals surface area contributed by atoms with E-state index in [1.165, 1.54) is 11.0 Å². The fourth-order valence-corrected chi connectivity index (χ4v) is 4.06. The maximum atomic E-state index is 12.8. The molecular weight excluding hydrogens is 386 g/mol. The summed E-state index contributed by atoms with van der Waals surface area (Å²) in [6.07, 6.45) is 1.57. The van der Waals surface area contributed by atoms with E-state index in [-0.39, 0.29) is 18.3 Å². The number of nitrogens with zero attached hydrogens (tertiary/aromatic N) is 1. The second kappa shape index (κ2) is 7.05. The largest absolute Gasteiger partial charge is 0.478 e. The summed E-state index contributed by atoms with van der Waals surface area (Å²) in [5, 5.41) is 9.30. The number of ether oxygens (including phenoxy) is 2. The predicted octanol–water partition coefficient (Wildman–Crippen LogP) is 3.51. The van der Waals surface area contributed by atoms with Crippen LogP contribution in [0.25, 0.3) is 6.08 Å². The Morgan fingerprint density at radius 2 is 2.00 bits per heavy atom. The minimum atomic E-state index is -1.04. The molecule has 0 saturated carbocycles. The van der Waals surface area contributed by atoms with E-state index < -0.39 is 5.97 Å². The van der Waals surface area contributed by atoms with E-state index in [1.807, 2.05) is 12.1 Å². The highest BCUT2D eigenvalue weighted by Gasteiger charge is 2.32. The molecule has 0 spiro atoms. The zero-order valence-electron chi connectivity index (χ0n) is 13.9. The number of carboxylic acids is 1. The molecule has 0 bridgehead atoms. The first-order chi connectivity index (χ1) is 13.0. The molecule has 0 aliphatic carbocycles. The Morgan fingerprint density at radius 3 is 2.81 bits per heavy atom. The van der Waals surface area contributed by atoms with Crippen LogP contribution >= 0.6 is 24.0 Å². The van der Waals surface area contributed by atoms with Gasteiger partial charge in [-0.3, -0.25) is 9.69 Å². The third-order valence-electron chi connectivity index (χ3n) is 4.13. The molecule has 0 atom stereocenters. The van der Waals surface area contributed by atoms with Crippen LogP contribution < -0.4 is 9.47 Å². The van der Waals surface area contributed by atoms with Crippen molar-refractivity contribution in [2.24, 2.45) is 0 Å². The van der Waals surface area contributed by atoms with Crippen molar-refractivity contribution in [3.63, 3.8) is 0 Å². The van der Waals surface area contributed by atoms with Crippen LogP contribution in [-0.4, -0.2) is 33.0 Å². The lowest BCUT2D eigenvalue weighted by atomic mass is 10.1. The molecule has 8 heteroatoms. The van der Waals surface area contributed by atoms with Crippen LogP contribution in [0.1, 0.15) is 21.5 Å². The molecule has 27 heavy (non-hydrogen) atoms. The summed E-state index contributed by atoms with van der Waals surface area (Å²) in [6, 6.07) is 12.0. The molecule has 2 aromatic carbocycles. The molecule has 0 radical (unpaired) electrons. The normalized spacial score (nSPS) is 17.0. The maximum absolute atomic E-state index is 12.8. The fourth-order valence-electron chi connectivity index (χ4n) is 2.82. The molecule has 2 aromatic rings. The van der Waals surface area contributed by atoms with Crippen molar-refractivity contribution < 1.29 is 24.2 Å². The van der Waals surface area contributed by atoms with Crippen LogP contribution in [0.3, 0.4) is 0 Å². The van der Waals surface area contributed by atoms with Crippen molar-refractivity contribution in [1.29, 1.82) is 0 Å². The highest BCUT2D eigenvalue weighted by Crippen LogP contribution is 2.36. The van der Waals surface area contributed by atoms with Gasteiger partial charge in [0, 0.05) is 0 Å². The number of hydrogen-bond acceptors (Lipinski definition) is 6. The third-order valence-corrected chi connectivity index (χ3v) is 5.51. The smallest absolute Gasteiger partial charge is 0.336 e. The number of rotatable bonds is 4. The van der Waals surface area contributed by atoms with Gasteiger partial charge in [-0.15, -0.1) is 0 Å². The Kier molecular flexibility index (Phi) is 4.59. The van der Waals surface area contributed by atoms with Gasteiger partial charge in [0.05, 0.1) is 17.0 Å². The number of amides is 1. The minimum absolute atomic E-state index is 0.138. The molecule has 1 amide bonds. The molecule has 2 aliphatic heterocycles. The summed E-state index contributed by atoms with van der Waals surface area (Å²) >= 11 is 6.51. The van der Waals surface area contributed by atoms with Gasteiger partial charge in [0.25, 0.3) is 5.91 Å². The Morgan fingerprint density at radius 1 is 1.22 bits per heavy atom. The minimum Gasteiger partial charge on any atom is -0.478 e. The first-order valence-corrected chi connectivity index (χ1v) is 9.21. The zero-order chi connectivity index (χ0) is 19.0. The van der Waals surface area contributed by atoms with Gasteiger partial charge < -0.3 is 14.6 Å². The van der Waals surface area contributed by atoms with E-state index >= 15 is 0 Å². The Bertz CT molecular complexity index is 1000. The highest BCUT2D eigenvalue weighted by molar-refractivity contribution is 8.26. The van der Waals surface area contributed by atoms with Crippen molar-refractivity contribution in [2.75, 3.05) is 6.79 Å². The van der Waals surface area contributed by atoms with Crippen LogP contribution in [0.5, 0.6) is 11.5 Å². The summed E-state index contributed by atoms with van der Waals surface area (Å²) < 4.78 is 11.1. The molecule has 6 nitrogen and oxygen atoms in total. The summed E-state index contributed by atoms with van der Waals surface area (Å²) in [7, 11) is 0. The number of thioether (sulfide) groups is 1. The number of carbonyl (C=O) groups excluding carboxylic acids is 1. The number of fused-ring (bicyclic) bond motifs is 1. The standard InChI is InChI=1S/C19H13NO5S2/c21-17-16(8-12-3-1-2-4-13(12)18(22)23)27-19(26)20(17)9-11-5-6-14-15(7-11)25-10-24-14/h1-8H,9-10H2,(H,22,23). The van der Waals surface area contributed by atoms with Gasteiger partial charge in [-0.05, 0) is 35.4 Å². The molecule has 2 heterocycles. The van der Waals surface area contributed by atoms with Crippen LogP contribution in [0, 0.1) is 0 Å². The molecule has 1 N–H and O–H groups in total. The van der Waals surface area contributed by atoms with Gasteiger partial charge in [0.15, 0.2) is 11.5 Å². The lowest BCUT2D eigenvalue weighted by molar-refractivity contribution is -0.122. The average molecular weight is 399 g/mol. The Balaban J connectivity index is 1.58. The highest BCUT2D eigenvalue weighted by atomic mass is 32.2. The van der Waals surface area contributed by atoms with Crippen LogP contribution in [0.2, 0.25) is 0 Å². The second-order valence-corrected chi connectivity index (χ2v) is 7.52. The van der Waals surface area contributed by atoms with E-state index in [4.69, 9.17) is 21.7 Å². The molecular formula is C19H13NO5S2. The fraction of sp³-hybridized carbons (Fsp3) is 0.105. The number of hydrogen-bond donors (Lipinski definition) is 1. The van der Waals surface area contributed by atoms with Crippen molar-refractivity contribution in [1.82, 2.24) is 4.90 Å². The van der Waals surface area contributed by atoms with Gasteiger partial charge in [-0.25, -0.2) is 4.79 Å². The van der Waals surface area contributed by atoms with Crippen molar-refractivity contribution in [2.45, 2.75) is 6.54 Å². The molecule has 0 aromatic heterocycles. The van der Waals surface area contributed by atoms with E-state index in [1.54, 1.807) is 30.3 Å². The van der Waals surface area contributed by atoms with Gasteiger partial charge >= 0.3 is 5.97 Å². The predicted molar refractivity (Wildman–Crippen MR) is 105 cm³/mol. The van der Waals surface area contributed by atoms with Gasteiger partial charge in [0.1, 0.15) is 4.32 Å². The molecule has 0 unspecified atom stereocenters.